The second-order valence-electron chi connectivity index (χ2n) is 3.99. The van der Waals surface area contributed by atoms with Gasteiger partial charge in [-0.2, -0.15) is 0 Å². The van der Waals surface area contributed by atoms with Gasteiger partial charge >= 0.3 is 5.97 Å². The molecule has 0 fully saturated rings. The molecule has 0 bridgehead atoms. The fraction of sp³-hybridized carbons (Fsp3) is 0.385. The third-order valence-electron chi connectivity index (χ3n) is 3.02. The van der Waals surface area contributed by atoms with E-state index in [1.54, 1.807) is 6.07 Å². The van der Waals surface area contributed by atoms with Crippen LogP contribution >= 0.6 is 0 Å². The molecule has 0 unspecified atom stereocenters. The van der Waals surface area contributed by atoms with Crippen molar-refractivity contribution in [2.75, 3.05) is 7.11 Å². The van der Waals surface area contributed by atoms with Gasteiger partial charge in [0.05, 0.1) is 7.11 Å². The van der Waals surface area contributed by atoms with Gasteiger partial charge in [-0.25, -0.2) is 0 Å². The van der Waals surface area contributed by atoms with Gasteiger partial charge in [-0.1, -0.05) is 24.3 Å². The Morgan fingerprint density at radius 2 is 2.12 bits per heavy atom. The van der Waals surface area contributed by atoms with Crippen molar-refractivity contribution in [3.05, 3.63) is 35.4 Å². The number of ketones is 1. The fourth-order valence-corrected chi connectivity index (χ4v) is 2.16. The van der Waals surface area contributed by atoms with E-state index in [0.717, 1.165) is 18.4 Å². The Morgan fingerprint density at radius 1 is 1.38 bits per heavy atom. The number of ether oxygens (including phenoxy) is 1. The minimum Gasteiger partial charge on any atom is -0.468 e. The Balaban J connectivity index is 2.37. The number of rotatable bonds is 1. The summed E-state index contributed by atoms with van der Waals surface area (Å²) in [5, 5.41) is 0. The number of hydrogen-bond acceptors (Lipinski definition) is 3. The molecule has 2 rings (SSSR count). The molecule has 1 aromatic carbocycles. The van der Waals surface area contributed by atoms with Gasteiger partial charge in [0.15, 0.2) is 5.78 Å². The highest BCUT2D eigenvalue weighted by Gasteiger charge is 2.31. The van der Waals surface area contributed by atoms with Crippen LogP contribution in [0.2, 0.25) is 0 Å². The highest BCUT2D eigenvalue weighted by atomic mass is 16.5. The van der Waals surface area contributed by atoms with E-state index >= 15 is 0 Å². The van der Waals surface area contributed by atoms with Crippen LogP contribution < -0.4 is 0 Å². The van der Waals surface area contributed by atoms with E-state index in [1.807, 2.05) is 18.2 Å². The van der Waals surface area contributed by atoms with Gasteiger partial charge in [0, 0.05) is 5.56 Å². The van der Waals surface area contributed by atoms with Gasteiger partial charge in [0.2, 0.25) is 0 Å². The number of hydrogen-bond donors (Lipinski definition) is 0. The number of Topliss-reactive ketones (excluding diaryl/α,β-unsaturated/α-hetero) is 1. The minimum absolute atomic E-state index is 0.0973. The first kappa shape index (κ1) is 10.9. The summed E-state index contributed by atoms with van der Waals surface area (Å²) in [7, 11) is 1.33. The van der Waals surface area contributed by atoms with E-state index in [-0.39, 0.29) is 5.78 Å². The average molecular weight is 218 g/mol. The van der Waals surface area contributed by atoms with Gasteiger partial charge in [0.1, 0.15) is 5.92 Å². The summed E-state index contributed by atoms with van der Waals surface area (Å²) in [4.78, 5) is 23.6. The van der Waals surface area contributed by atoms with Crippen LogP contribution in [-0.4, -0.2) is 18.9 Å². The first-order valence-corrected chi connectivity index (χ1v) is 5.44. The first-order valence-electron chi connectivity index (χ1n) is 5.44. The molecule has 0 amide bonds. The van der Waals surface area contributed by atoms with Crippen molar-refractivity contribution in [3.8, 4) is 0 Å². The van der Waals surface area contributed by atoms with Crippen molar-refractivity contribution in [1.29, 1.82) is 0 Å². The highest BCUT2D eigenvalue weighted by Crippen LogP contribution is 2.25. The van der Waals surface area contributed by atoms with E-state index in [9.17, 15) is 9.59 Å². The molecule has 0 spiro atoms. The second-order valence-corrected chi connectivity index (χ2v) is 3.99. The van der Waals surface area contributed by atoms with Gasteiger partial charge in [-0.05, 0) is 24.8 Å². The van der Waals surface area contributed by atoms with Crippen LogP contribution in [0.15, 0.2) is 24.3 Å². The standard InChI is InChI=1S/C13H14O3/c1-16-13(15)11-8-4-6-9-5-2-3-7-10(9)12(11)14/h2-3,5,7,11H,4,6,8H2,1H3/t11-/m0/s1. The van der Waals surface area contributed by atoms with Gasteiger partial charge in [-0.3, -0.25) is 9.59 Å². The molecule has 16 heavy (non-hydrogen) atoms. The van der Waals surface area contributed by atoms with Gasteiger partial charge in [0.25, 0.3) is 0 Å². The van der Waals surface area contributed by atoms with Crippen molar-refractivity contribution in [1.82, 2.24) is 0 Å². The van der Waals surface area contributed by atoms with Crippen LogP contribution in [-0.2, 0) is 16.0 Å². The number of carbonyl (C=O) groups is 2. The zero-order valence-corrected chi connectivity index (χ0v) is 9.23. The summed E-state index contributed by atoms with van der Waals surface area (Å²) in [5.74, 6) is -1.13. The van der Waals surface area contributed by atoms with Crippen LogP contribution in [0.5, 0.6) is 0 Å². The summed E-state index contributed by atoms with van der Waals surface area (Å²) in [6.07, 6.45) is 2.29. The summed E-state index contributed by atoms with van der Waals surface area (Å²) in [6.45, 7) is 0. The molecular weight excluding hydrogens is 204 g/mol. The predicted molar refractivity (Wildman–Crippen MR) is 59.2 cm³/mol. The lowest BCUT2D eigenvalue weighted by Crippen LogP contribution is -2.24. The number of benzene rings is 1. The largest absolute Gasteiger partial charge is 0.468 e. The summed E-state index contributed by atoms with van der Waals surface area (Å²) in [6, 6.07) is 7.49. The van der Waals surface area contributed by atoms with Crippen molar-refractivity contribution >= 4 is 11.8 Å². The van der Waals surface area contributed by atoms with E-state index in [2.05, 4.69) is 4.74 Å². The quantitative estimate of drug-likeness (QED) is 0.411. The number of aryl methyl sites for hydroxylation is 1. The van der Waals surface area contributed by atoms with Crippen LogP contribution in [0.4, 0.5) is 0 Å². The molecular formula is C13H14O3. The molecule has 0 saturated heterocycles. The lowest BCUT2D eigenvalue weighted by atomic mass is 9.95. The lowest BCUT2D eigenvalue weighted by Gasteiger charge is -2.10. The van der Waals surface area contributed by atoms with Crippen molar-refractivity contribution < 1.29 is 14.3 Å². The Labute approximate surface area is 94.4 Å². The Kier molecular flexibility index (Phi) is 3.04. The van der Waals surface area contributed by atoms with Gasteiger partial charge in [-0.15, -0.1) is 0 Å². The van der Waals surface area contributed by atoms with Crippen molar-refractivity contribution in [2.45, 2.75) is 19.3 Å². The van der Waals surface area contributed by atoms with Crippen molar-refractivity contribution in [2.24, 2.45) is 5.92 Å². The number of fused-ring (bicyclic) bond motifs is 1. The lowest BCUT2D eigenvalue weighted by molar-refractivity contribution is -0.143. The molecule has 3 nitrogen and oxygen atoms in total. The molecule has 1 atom stereocenters. The van der Waals surface area contributed by atoms with E-state index < -0.39 is 11.9 Å². The summed E-state index contributed by atoms with van der Waals surface area (Å²) in [5.41, 5.74) is 1.72. The molecule has 0 aromatic heterocycles. The minimum atomic E-state index is -0.617. The SMILES string of the molecule is COC(=O)[C@H]1CCCc2ccccc2C1=O. The maximum atomic E-state index is 12.1. The van der Waals surface area contributed by atoms with Crippen LogP contribution in [0.3, 0.4) is 0 Å². The third kappa shape index (κ3) is 1.85. The molecule has 0 heterocycles. The zero-order chi connectivity index (χ0) is 11.5. The summed E-state index contributed by atoms with van der Waals surface area (Å²) < 4.78 is 4.67. The second kappa shape index (κ2) is 4.47. The Hall–Kier alpha value is -1.64. The zero-order valence-electron chi connectivity index (χ0n) is 9.23. The van der Waals surface area contributed by atoms with Crippen LogP contribution in [0.25, 0.3) is 0 Å². The monoisotopic (exact) mass is 218 g/mol. The predicted octanol–water partition coefficient (Wildman–Crippen LogP) is 1.99. The molecule has 1 aromatic rings. The van der Waals surface area contributed by atoms with Crippen LogP contribution in [0.1, 0.15) is 28.8 Å². The molecule has 84 valence electrons. The molecule has 0 saturated carbocycles. The molecule has 1 aliphatic carbocycles. The number of methoxy groups -OCH3 is 1. The Morgan fingerprint density at radius 3 is 2.88 bits per heavy atom. The Bertz CT molecular complexity index is 423. The third-order valence-corrected chi connectivity index (χ3v) is 3.02. The fourth-order valence-electron chi connectivity index (χ4n) is 2.16. The van der Waals surface area contributed by atoms with E-state index in [4.69, 9.17) is 0 Å². The maximum absolute atomic E-state index is 12.1. The average Bonchev–Trinajstić information content (AvgIpc) is 2.49. The molecule has 1 aliphatic rings. The normalized spacial score (nSPS) is 19.8. The van der Waals surface area contributed by atoms with Crippen molar-refractivity contribution in [3.63, 3.8) is 0 Å². The van der Waals surface area contributed by atoms with Gasteiger partial charge < -0.3 is 4.74 Å². The highest BCUT2D eigenvalue weighted by molar-refractivity contribution is 6.09. The smallest absolute Gasteiger partial charge is 0.316 e. The maximum Gasteiger partial charge on any atom is 0.316 e. The van der Waals surface area contributed by atoms with Crippen LogP contribution in [0, 0.1) is 5.92 Å². The molecule has 0 N–H and O–H groups in total. The van der Waals surface area contributed by atoms with E-state index in [0.29, 0.717) is 12.0 Å². The van der Waals surface area contributed by atoms with E-state index in [1.165, 1.54) is 7.11 Å². The summed E-state index contributed by atoms with van der Waals surface area (Å²) >= 11 is 0. The topological polar surface area (TPSA) is 43.4 Å². The number of esters is 1. The number of carbonyl (C=O) groups excluding carboxylic acids is 2. The molecule has 0 aliphatic heterocycles. The molecule has 0 radical (unpaired) electrons. The first-order chi connectivity index (χ1) is 7.74. The molecule has 3 heteroatoms.